The SMILES string of the molecule is CC1CCN(Cc2nc(-c3ccccn3)no2)C1CO. The molecular weight excluding hydrogens is 256 g/mol. The van der Waals surface area contributed by atoms with Crippen molar-refractivity contribution in [1.82, 2.24) is 20.0 Å². The van der Waals surface area contributed by atoms with Crippen LogP contribution in [0, 0.1) is 5.92 Å². The van der Waals surface area contributed by atoms with E-state index < -0.39 is 0 Å². The zero-order chi connectivity index (χ0) is 13.9. The number of aromatic nitrogens is 3. The first-order valence-corrected chi connectivity index (χ1v) is 6.87. The maximum absolute atomic E-state index is 9.45. The van der Waals surface area contributed by atoms with E-state index in [1.54, 1.807) is 6.20 Å². The van der Waals surface area contributed by atoms with Crippen LogP contribution in [0.3, 0.4) is 0 Å². The topological polar surface area (TPSA) is 75.3 Å². The van der Waals surface area contributed by atoms with Gasteiger partial charge in [0.15, 0.2) is 0 Å². The molecule has 106 valence electrons. The van der Waals surface area contributed by atoms with Crippen molar-refractivity contribution in [3.8, 4) is 11.5 Å². The molecule has 2 unspecified atom stereocenters. The van der Waals surface area contributed by atoms with Crippen molar-refractivity contribution in [2.24, 2.45) is 5.92 Å². The molecule has 3 rings (SSSR count). The molecule has 0 bridgehead atoms. The van der Waals surface area contributed by atoms with Crippen LogP contribution in [-0.4, -0.2) is 44.3 Å². The van der Waals surface area contributed by atoms with Crippen LogP contribution < -0.4 is 0 Å². The lowest BCUT2D eigenvalue weighted by molar-refractivity contribution is 0.123. The van der Waals surface area contributed by atoms with Gasteiger partial charge in [0.05, 0.1) is 13.2 Å². The number of likely N-dealkylation sites (tertiary alicyclic amines) is 1. The predicted octanol–water partition coefficient (Wildman–Crippen LogP) is 1.33. The van der Waals surface area contributed by atoms with Gasteiger partial charge in [0.1, 0.15) is 5.69 Å². The summed E-state index contributed by atoms with van der Waals surface area (Å²) in [7, 11) is 0. The minimum atomic E-state index is 0.169. The van der Waals surface area contributed by atoms with Crippen LogP contribution in [0.2, 0.25) is 0 Å². The first kappa shape index (κ1) is 13.2. The highest BCUT2D eigenvalue weighted by Gasteiger charge is 2.31. The van der Waals surface area contributed by atoms with Gasteiger partial charge in [-0.1, -0.05) is 18.1 Å². The predicted molar refractivity (Wildman–Crippen MR) is 72.6 cm³/mol. The largest absolute Gasteiger partial charge is 0.395 e. The Balaban J connectivity index is 1.72. The number of hydrogen-bond donors (Lipinski definition) is 1. The Morgan fingerprint density at radius 2 is 2.35 bits per heavy atom. The van der Waals surface area contributed by atoms with Crippen LogP contribution in [0.25, 0.3) is 11.5 Å². The van der Waals surface area contributed by atoms with Crippen LogP contribution in [0.5, 0.6) is 0 Å². The molecule has 0 radical (unpaired) electrons. The Bertz CT molecular complexity index is 557. The van der Waals surface area contributed by atoms with Gasteiger partial charge in [-0.25, -0.2) is 0 Å². The first-order chi connectivity index (χ1) is 9.78. The highest BCUT2D eigenvalue weighted by molar-refractivity contribution is 5.46. The van der Waals surface area contributed by atoms with E-state index in [0.29, 0.717) is 29.9 Å². The normalized spacial score (nSPS) is 23.3. The molecule has 1 saturated heterocycles. The maximum atomic E-state index is 9.45. The second-order valence-electron chi connectivity index (χ2n) is 5.21. The highest BCUT2D eigenvalue weighted by Crippen LogP contribution is 2.25. The van der Waals surface area contributed by atoms with E-state index in [0.717, 1.165) is 13.0 Å². The Labute approximate surface area is 117 Å². The molecule has 1 aliphatic heterocycles. The van der Waals surface area contributed by atoms with Crippen molar-refractivity contribution in [3.05, 3.63) is 30.3 Å². The van der Waals surface area contributed by atoms with Gasteiger partial charge in [-0.3, -0.25) is 9.88 Å². The Morgan fingerprint density at radius 3 is 3.10 bits per heavy atom. The van der Waals surface area contributed by atoms with Crippen molar-refractivity contribution in [1.29, 1.82) is 0 Å². The lowest BCUT2D eigenvalue weighted by Gasteiger charge is -2.22. The number of pyridine rings is 1. The van der Waals surface area contributed by atoms with Gasteiger partial charge in [0.25, 0.3) is 0 Å². The summed E-state index contributed by atoms with van der Waals surface area (Å²) < 4.78 is 5.28. The number of rotatable bonds is 4. The Kier molecular flexibility index (Phi) is 3.75. The molecule has 0 aliphatic carbocycles. The van der Waals surface area contributed by atoms with Crippen molar-refractivity contribution in [2.45, 2.75) is 25.9 Å². The summed E-state index contributed by atoms with van der Waals surface area (Å²) >= 11 is 0. The maximum Gasteiger partial charge on any atom is 0.241 e. The third kappa shape index (κ3) is 2.57. The van der Waals surface area contributed by atoms with E-state index in [9.17, 15) is 5.11 Å². The molecule has 0 saturated carbocycles. The number of aliphatic hydroxyl groups excluding tert-OH is 1. The van der Waals surface area contributed by atoms with E-state index in [-0.39, 0.29) is 12.6 Å². The van der Waals surface area contributed by atoms with E-state index >= 15 is 0 Å². The molecule has 0 spiro atoms. The van der Waals surface area contributed by atoms with Gasteiger partial charge >= 0.3 is 0 Å². The quantitative estimate of drug-likeness (QED) is 0.906. The van der Waals surface area contributed by atoms with Gasteiger partial charge in [-0.2, -0.15) is 4.98 Å². The minimum absolute atomic E-state index is 0.169. The van der Waals surface area contributed by atoms with Gasteiger partial charge in [0, 0.05) is 12.2 Å². The fourth-order valence-corrected chi connectivity index (χ4v) is 2.67. The van der Waals surface area contributed by atoms with Crippen LogP contribution in [0.15, 0.2) is 28.9 Å². The number of nitrogens with zero attached hydrogens (tertiary/aromatic N) is 4. The smallest absolute Gasteiger partial charge is 0.241 e. The van der Waals surface area contributed by atoms with Crippen molar-refractivity contribution >= 4 is 0 Å². The second-order valence-corrected chi connectivity index (χ2v) is 5.21. The van der Waals surface area contributed by atoms with Crippen molar-refractivity contribution in [2.75, 3.05) is 13.2 Å². The van der Waals surface area contributed by atoms with Crippen LogP contribution in [-0.2, 0) is 6.54 Å². The first-order valence-electron chi connectivity index (χ1n) is 6.87. The molecule has 0 amide bonds. The molecule has 2 aromatic heterocycles. The number of aliphatic hydroxyl groups is 1. The van der Waals surface area contributed by atoms with E-state index in [1.807, 2.05) is 18.2 Å². The van der Waals surface area contributed by atoms with Gasteiger partial charge < -0.3 is 9.63 Å². The summed E-state index contributed by atoms with van der Waals surface area (Å²) in [6, 6.07) is 5.77. The summed E-state index contributed by atoms with van der Waals surface area (Å²) in [6.45, 7) is 3.86. The third-order valence-corrected chi connectivity index (χ3v) is 3.89. The van der Waals surface area contributed by atoms with Crippen molar-refractivity contribution < 1.29 is 9.63 Å². The summed E-state index contributed by atoms with van der Waals surface area (Å²) in [5.74, 6) is 1.57. The standard InChI is InChI=1S/C14H18N4O2/c1-10-5-7-18(12(10)9-19)8-13-16-14(17-20-13)11-4-2-3-6-15-11/h2-4,6,10,12,19H,5,7-9H2,1H3. The molecule has 2 atom stereocenters. The third-order valence-electron chi connectivity index (χ3n) is 3.89. The average molecular weight is 274 g/mol. The van der Waals surface area contributed by atoms with Gasteiger partial charge in [-0.15, -0.1) is 0 Å². The molecule has 1 aliphatic rings. The second kappa shape index (κ2) is 5.68. The summed E-state index contributed by atoms with van der Waals surface area (Å²) in [5, 5.41) is 13.4. The molecule has 6 heteroatoms. The van der Waals surface area contributed by atoms with Gasteiger partial charge in [-0.05, 0) is 31.0 Å². The lowest BCUT2D eigenvalue weighted by Crippen LogP contribution is -2.34. The summed E-state index contributed by atoms with van der Waals surface area (Å²) in [5.41, 5.74) is 0.705. The van der Waals surface area contributed by atoms with Crippen LogP contribution >= 0.6 is 0 Å². The molecule has 20 heavy (non-hydrogen) atoms. The molecule has 3 heterocycles. The fourth-order valence-electron chi connectivity index (χ4n) is 2.67. The molecule has 0 aromatic carbocycles. The van der Waals surface area contributed by atoms with E-state index in [1.165, 1.54) is 0 Å². The molecular formula is C14H18N4O2. The zero-order valence-corrected chi connectivity index (χ0v) is 11.4. The monoisotopic (exact) mass is 274 g/mol. The number of hydrogen-bond acceptors (Lipinski definition) is 6. The minimum Gasteiger partial charge on any atom is -0.395 e. The van der Waals surface area contributed by atoms with E-state index in [4.69, 9.17) is 4.52 Å². The lowest BCUT2D eigenvalue weighted by atomic mass is 10.0. The average Bonchev–Trinajstić information content (AvgIpc) is 3.08. The van der Waals surface area contributed by atoms with Crippen LogP contribution in [0.4, 0.5) is 0 Å². The Hall–Kier alpha value is -1.79. The van der Waals surface area contributed by atoms with Crippen LogP contribution in [0.1, 0.15) is 19.2 Å². The van der Waals surface area contributed by atoms with Crippen molar-refractivity contribution in [3.63, 3.8) is 0 Å². The highest BCUT2D eigenvalue weighted by atomic mass is 16.5. The zero-order valence-electron chi connectivity index (χ0n) is 11.4. The Morgan fingerprint density at radius 1 is 1.45 bits per heavy atom. The fraction of sp³-hybridized carbons (Fsp3) is 0.500. The summed E-state index contributed by atoms with van der Waals surface area (Å²) in [6.07, 6.45) is 2.79. The molecule has 6 nitrogen and oxygen atoms in total. The summed E-state index contributed by atoms with van der Waals surface area (Å²) in [4.78, 5) is 10.8. The van der Waals surface area contributed by atoms with E-state index in [2.05, 4.69) is 26.9 Å². The molecule has 1 fully saturated rings. The molecule has 2 aromatic rings. The molecule has 1 N–H and O–H groups in total. The van der Waals surface area contributed by atoms with Gasteiger partial charge in [0.2, 0.25) is 11.7 Å².